The standard InChI is InChI=1S/C19H21NO2S/c1-12-6-5-7-13(2)20(12)19(21)17-10-14-11-22-16-9-4-3-8-15(16)18(14)23-17/h3-4,8-10,12-13H,5-7,11H2,1-2H3. The number of carbonyl (C=O) groups is 1. The Hall–Kier alpha value is -1.81. The fraction of sp³-hybridized carbons (Fsp3) is 0.421. The lowest BCUT2D eigenvalue weighted by Gasteiger charge is -2.38. The molecule has 4 rings (SSSR count). The second-order valence-corrected chi connectivity index (χ2v) is 7.64. The lowest BCUT2D eigenvalue weighted by Crippen LogP contribution is -2.47. The van der Waals surface area contributed by atoms with Gasteiger partial charge in [-0.2, -0.15) is 0 Å². The van der Waals surface area contributed by atoms with Crippen LogP contribution in [0.25, 0.3) is 10.4 Å². The molecule has 2 aliphatic rings. The predicted octanol–water partition coefficient (Wildman–Crippen LogP) is 4.71. The Bertz CT molecular complexity index is 742. The number of benzene rings is 1. The zero-order chi connectivity index (χ0) is 16.0. The average molecular weight is 327 g/mol. The average Bonchev–Trinajstić information content (AvgIpc) is 2.99. The predicted molar refractivity (Wildman–Crippen MR) is 93.0 cm³/mol. The van der Waals surface area contributed by atoms with E-state index in [1.807, 2.05) is 24.3 Å². The molecular formula is C19H21NO2S. The minimum absolute atomic E-state index is 0.182. The Kier molecular flexibility index (Phi) is 3.64. The summed E-state index contributed by atoms with van der Waals surface area (Å²) in [6.45, 7) is 4.89. The van der Waals surface area contributed by atoms with Crippen LogP contribution in [0.2, 0.25) is 0 Å². The molecule has 0 spiro atoms. The van der Waals surface area contributed by atoms with E-state index < -0.39 is 0 Å². The molecule has 1 aromatic carbocycles. The van der Waals surface area contributed by atoms with Crippen LogP contribution in [0.15, 0.2) is 30.3 Å². The van der Waals surface area contributed by atoms with Gasteiger partial charge in [0.2, 0.25) is 0 Å². The second kappa shape index (κ2) is 5.68. The van der Waals surface area contributed by atoms with Crippen molar-refractivity contribution in [3.8, 4) is 16.2 Å². The molecule has 2 aromatic rings. The summed E-state index contributed by atoms with van der Waals surface area (Å²) in [4.78, 5) is 17.2. The summed E-state index contributed by atoms with van der Waals surface area (Å²) in [5, 5.41) is 0. The summed E-state index contributed by atoms with van der Waals surface area (Å²) in [5.41, 5.74) is 2.24. The topological polar surface area (TPSA) is 29.5 Å². The van der Waals surface area contributed by atoms with Gasteiger partial charge in [-0.15, -0.1) is 11.3 Å². The van der Waals surface area contributed by atoms with Crippen LogP contribution >= 0.6 is 11.3 Å². The van der Waals surface area contributed by atoms with E-state index in [1.165, 1.54) is 11.3 Å². The van der Waals surface area contributed by atoms with E-state index >= 15 is 0 Å². The molecule has 4 heteroatoms. The first kappa shape index (κ1) is 14.8. The van der Waals surface area contributed by atoms with Crippen molar-refractivity contribution in [2.24, 2.45) is 0 Å². The van der Waals surface area contributed by atoms with Crippen molar-refractivity contribution in [1.29, 1.82) is 0 Å². The van der Waals surface area contributed by atoms with Crippen molar-refractivity contribution in [2.75, 3.05) is 0 Å². The van der Waals surface area contributed by atoms with E-state index in [9.17, 15) is 4.79 Å². The van der Waals surface area contributed by atoms with Crippen LogP contribution in [0.1, 0.15) is 48.3 Å². The van der Waals surface area contributed by atoms with Crippen LogP contribution in [-0.2, 0) is 6.61 Å². The van der Waals surface area contributed by atoms with Gasteiger partial charge in [0.25, 0.3) is 5.91 Å². The van der Waals surface area contributed by atoms with Crippen LogP contribution in [0.4, 0.5) is 0 Å². The fourth-order valence-electron chi connectivity index (χ4n) is 3.75. The molecule has 23 heavy (non-hydrogen) atoms. The first-order chi connectivity index (χ1) is 11.1. The lowest BCUT2D eigenvalue weighted by molar-refractivity contribution is 0.0516. The Morgan fingerprint density at radius 1 is 1.22 bits per heavy atom. The molecule has 0 N–H and O–H groups in total. The Morgan fingerprint density at radius 3 is 2.74 bits per heavy atom. The highest BCUT2D eigenvalue weighted by Gasteiger charge is 2.32. The maximum Gasteiger partial charge on any atom is 0.264 e. The van der Waals surface area contributed by atoms with Gasteiger partial charge in [-0.3, -0.25) is 4.79 Å². The van der Waals surface area contributed by atoms with Gasteiger partial charge in [0.15, 0.2) is 0 Å². The number of para-hydroxylation sites is 1. The van der Waals surface area contributed by atoms with E-state index in [-0.39, 0.29) is 5.91 Å². The van der Waals surface area contributed by atoms with Crippen molar-refractivity contribution in [3.63, 3.8) is 0 Å². The van der Waals surface area contributed by atoms with Crippen molar-refractivity contribution in [3.05, 3.63) is 40.8 Å². The number of likely N-dealkylation sites (tertiary alicyclic amines) is 1. The molecule has 120 valence electrons. The summed E-state index contributed by atoms with van der Waals surface area (Å²) in [5.74, 6) is 1.10. The molecule has 0 saturated carbocycles. The molecule has 1 saturated heterocycles. The zero-order valence-electron chi connectivity index (χ0n) is 13.5. The summed E-state index contributed by atoms with van der Waals surface area (Å²) >= 11 is 1.61. The van der Waals surface area contributed by atoms with Crippen LogP contribution in [0, 0.1) is 0 Å². The monoisotopic (exact) mass is 327 g/mol. The first-order valence-electron chi connectivity index (χ1n) is 8.32. The number of hydrogen-bond acceptors (Lipinski definition) is 3. The Balaban J connectivity index is 1.70. The van der Waals surface area contributed by atoms with Crippen LogP contribution < -0.4 is 4.74 Å². The highest BCUT2D eigenvalue weighted by Crippen LogP contribution is 2.43. The number of ether oxygens (including phenoxy) is 1. The minimum atomic E-state index is 0.182. The van der Waals surface area contributed by atoms with Gasteiger partial charge in [-0.1, -0.05) is 12.1 Å². The van der Waals surface area contributed by atoms with Crippen LogP contribution in [0.3, 0.4) is 0 Å². The second-order valence-electron chi connectivity index (χ2n) is 6.59. The van der Waals surface area contributed by atoms with Gasteiger partial charge in [0, 0.05) is 28.1 Å². The number of rotatable bonds is 1. The molecular weight excluding hydrogens is 306 g/mol. The summed E-state index contributed by atoms with van der Waals surface area (Å²) in [7, 11) is 0. The minimum Gasteiger partial charge on any atom is -0.488 e. The number of amides is 1. The molecule has 1 amide bonds. The highest BCUT2D eigenvalue weighted by molar-refractivity contribution is 7.17. The number of thiophene rings is 1. The van der Waals surface area contributed by atoms with E-state index in [4.69, 9.17) is 4.74 Å². The van der Waals surface area contributed by atoms with Crippen molar-refractivity contribution in [1.82, 2.24) is 4.90 Å². The van der Waals surface area contributed by atoms with Gasteiger partial charge < -0.3 is 9.64 Å². The SMILES string of the molecule is CC1CCCC(C)N1C(=O)c1cc2c(s1)-c1ccccc1OC2. The smallest absolute Gasteiger partial charge is 0.264 e. The van der Waals surface area contributed by atoms with Gasteiger partial charge in [0.05, 0.1) is 4.88 Å². The van der Waals surface area contributed by atoms with Crippen LogP contribution in [0.5, 0.6) is 5.75 Å². The largest absolute Gasteiger partial charge is 0.488 e. The van der Waals surface area contributed by atoms with Gasteiger partial charge >= 0.3 is 0 Å². The van der Waals surface area contributed by atoms with E-state index in [0.29, 0.717) is 18.7 Å². The normalized spacial score (nSPS) is 23.0. The molecule has 3 heterocycles. The van der Waals surface area contributed by atoms with E-state index in [0.717, 1.165) is 34.6 Å². The van der Waals surface area contributed by atoms with E-state index in [2.05, 4.69) is 24.8 Å². The van der Waals surface area contributed by atoms with E-state index in [1.54, 1.807) is 11.3 Å². The molecule has 0 bridgehead atoms. The Labute approximate surface area is 140 Å². The maximum absolute atomic E-state index is 13.0. The number of fused-ring (bicyclic) bond motifs is 3. The third-order valence-corrected chi connectivity index (χ3v) is 6.16. The molecule has 0 aliphatic carbocycles. The quantitative estimate of drug-likeness (QED) is 0.759. The maximum atomic E-state index is 13.0. The third-order valence-electron chi connectivity index (χ3n) is 4.96. The summed E-state index contributed by atoms with van der Waals surface area (Å²) in [6.07, 6.45) is 3.43. The molecule has 3 nitrogen and oxygen atoms in total. The third kappa shape index (κ3) is 2.45. The lowest BCUT2D eigenvalue weighted by atomic mass is 9.97. The molecule has 2 atom stereocenters. The van der Waals surface area contributed by atoms with Crippen molar-refractivity contribution in [2.45, 2.75) is 51.8 Å². The molecule has 2 aliphatic heterocycles. The van der Waals surface area contributed by atoms with Crippen LogP contribution in [-0.4, -0.2) is 22.9 Å². The van der Waals surface area contributed by atoms with Crippen molar-refractivity contribution >= 4 is 17.2 Å². The molecule has 2 unspecified atom stereocenters. The van der Waals surface area contributed by atoms with Gasteiger partial charge in [-0.25, -0.2) is 0 Å². The summed E-state index contributed by atoms with van der Waals surface area (Å²) in [6, 6.07) is 10.8. The fourth-order valence-corrected chi connectivity index (χ4v) is 4.90. The van der Waals surface area contributed by atoms with Crippen molar-refractivity contribution < 1.29 is 9.53 Å². The summed E-state index contributed by atoms with van der Waals surface area (Å²) < 4.78 is 5.81. The molecule has 1 fully saturated rings. The molecule has 0 radical (unpaired) electrons. The number of piperidine rings is 1. The molecule has 1 aromatic heterocycles. The Morgan fingerprint density at radius 2 is 1.96 bits per heavy atom. The first-order valence-corrected chi connectivity index (χ1v) is 9.14. The van der Waals surface area contributed by atoms with Gasteiger partial charge in [-0.05, 0) is 51.3 Å². The zero-order valence-corrected chi connectivity index (χ0v) is 14.4. The highest BCUT2D eigenvalue weighted by atomic mass is 32.1. The number of carbonyl (C=O) groups excluding carboxylic acids is 1. The van der Waals surface area contributed by atoms with Gasteiger partial charge in [0.1, 0.15) is 12.4 Å². The number of nitrogens with zero attached hydrogens (tertiary/aromatic N) is 1. The number of hydrogen-bond donors (Lipinski definition) is 0.